The van der Waals surface area contributed by atoms with Gasteiger partial charge in [-0.25, -0.2) is 0 Å². The molecule has 34 heavy (non-hydrogen) atoms. The van der Waals surface area contributed by atoms with Gasteiger partial charge in [-0.2, -0.15) is 9.61 Å². The molecule has 3 heterocycles. The first-order valence-corrected chi connectivity index (χ1v) is 10.4. The third-order valence-electron chi connectivity index (χ3n) is 5.19. The lowest BCUT2D eigenvalue weighted by Crippen LogP contribution is -2.12. The van der Waals surface area contributed by atoms with Crippen LogP contribution in [0.15, 0.2) is 79.0 Å². The lowest BCUT2D eigenvalue weighted by molar-refractivity contribution is 0.102. The number of pyridine rings is 1. The van der Waals surface area contributed by atoms with Crippen LogP contribution in [0, 0.1) is 0 Å². The molecule has 0 aliphatic rings. The number of carbonyl (C=O) groups excluding carboxylic acids is 1. The number of methoxy groups -OCH3 is 2. The van der Waals surface area contributed by atoms with E-state index in [2.05, 4.69) is 20.5 Å². The van der Waals surface area contributed by atoms with Crippen LogP contribution in [0.5, 0.6) is 11.5 Å². The normalized spacial score (nSPS) is 10.8. The van der Waals surface area contributed by atoms with Gasteiger partial charge in [0.1, 0.15) is 17.2 Å². The molecule has 0 radical (unpaired) electrons. The van der Waals surface area contributed by atoms with Crippen LogP contribution in [0.3, 0.4) is 0 Å². The second-order valence-corrected chi connectivity index (χ2v) is 7.36. The van der Waals surface area contributed by atoms with E-state index in [0.717, 1.165) is 5.56 Å². The highest BCUT2D eigenvalue weighted by Crippen LogP contribution is 2.25. The summed E-state index contributed by atoms with van der Waals surface area (Å²) in [5.74, 6) is 1.34. The van der Waals surface area contributed by atoms with E-state index in [1.807, 2.05) is 54.6 Å². The highest BCUT2D eigenvalue weighted by atomic mass is 16.5. The van der Waals surface area contributed by atoms with Crippen molar-refractivity contribution >= 4 is 17.2 Å². The molecule has 0 aliphatic carbocycles. The summed E-state index contributed by atoms with van der Waals surface area (Å²) in [6.45, 7) is 0. The molecule has 1 N–H and O–H groups in total. The summed E-state index contributed by atoms with van der Waals surface area (Å²) in [7, 11) is 3.08. The summed E-state index contributed by atoms with van der Waals surface area (Å²) in [6, 6.07) is 21.8. The summed E-state index contributed by atoms with van der Waals surface area (Å²) in [4.78, 5) is 17.2. The maximum absolute atomic E-state index is 12.9. The van der Waals surface area contributed by atoms with Crippen LogP contribution in [-0.4, -0.2) is 44.9 Å². The van der Waals surface area contributed by atoms with Gasteiger partial charge in [0.25, 0.3) is 5.91 Å². The molecule has 5 rings (SSSR count). The fourth-order valence-electron chi connectivity index (χ4n) is 3.50. The zero-order chi connectivity index (χ0) is 23.5. The van der Waals surface area contributed by atoms with Crippen molar-refractivity contribution in [3.05, 3.63) is 84.6 Å². The fourth-order valence-corrected chi connectivity index (χ4v) is 3.50. The highest BCUT2D eigenvalue weighted by molar-refractivity contribution is 6.05. The molecule has 9 heteroatoms. The second-order valence-electron chi connectivity index (χ2n) is 7.36. The van der Waals surface area contributed by atoms with E-state index in [1.54, 1.807) is 43.1 Å². The molecule has 0 unspecified atom stereocenters. The summed E-state index contributed by atoms with van der Waals surface area (Å²) in [6.07, 6.45) is 1.70. The Balaban J connectivity index is 1.45. The number of benzene rings is 2. The summed E-state index contributed by atoms with van der Waals surface area (Å²) in [5.41, 5.74) is 3.85. The van der Waals surface area contributed by atoms with E-state index >= 15 is 0 Å². The van der Waals surface area contributed by atoms with Crippen molar-refractivity contribution in [2.75, 3.05) is 19.5 Å². The minimum absolute atomic E-state index is 0.283. The van der Waals surface area contributed by atoms with Crippen molar-refractivity contribution < 1.29 is 14.3 Å². The van der Waals surface area contributed by atoms with Gasteiger partial charge in [-0.3, -0.25) is 9.78 Å². The molecule has 168 valence electrons. The maximum atomic E-state index is 12.9. The molecule has 0 aliphatic heterocycles. The number of carbonyl (C=O) groups is 1. The minimum Gasteiger partial charge on any atom is -0.497 e. The first-order chi connectivity index (χ1) is 16.6. The smallest absolute Gasteiger partial charge is 0.255 e. The Labute approximate surface area is 195 Å². The van der Waals surface area contributed by atoms with E-state index in [1.165, 1.54) is 0 Å². The third kappa shape index (κ3) is 4.14. The van der Waals surface area contributed by atoms with Gasteiger partial charge in [-0.1, -0.05) is 18.2 Å². The molecule has 0 saturated heterocycles. The van der Waals surface area contributed by atoms with Gasteiger partial charge in [0, 0.05) is 29.1 Å². The Kier molecular flexibility index (Phi) is 5.57. The Morgan fingerprint density at radius 3 is 2.41 bits per heavy atom. The van der Waals surface area contributed by atoms with Crippen LogP contribution in [0.2, 0.25) is 0 Å². The van der Waals surface area contributed by atoms with E-state index < -0.39 is 0 Å². The van der Waals surface area contributed by atoms with Crippen molar-refractivity contribution in [2.45, 2.75) is 0 Å². The first-order valence-electron chi connectivity index (χ1n) is 10.4. The number of aromatic nitrogens is 5. The van der Waals surface area contributed by atoms with Crippen LogP contribution in [-0.2, 0) is 0 Å². The van der Waals surface area contributed by atoms with E-state index in [4.69, 9.17) is 14.6 Å². The Morgan fingerprint density at radius 1 is 0.853 bits per heavy atom. The van der Waals surface area contributed by atoms with Crippen LogP contribution < -0.4 is 14.8 Å². The SMILES string of the molecule is COc1cc(OC)cc(C(=O)Nc2cccc(-c3ccc4nnc(-c5ccccn5)n4n3)c2)c1. The fraction of sp³-hybridized carbons (Fsp3) is 0.0800. The zero-order valence-corrected chi connectivity index (χ0v) is 18.5. The lowest BCUT2D eigenvalue weighted by Gasteiger charge is -2.10. The minimum atomic E-state index is -0.283. The summed E-state index contributed by atoms with van der Waals surface area (Å²) >= 11 is 0. The van der Waals surface area contributed by atoms with Crippen molar-refractivity contribution in [1.82, 2.24) is 24.8 Å². The predicted molar refractivity (Wildman–Crippen MR) is 127 cm³/mol. The van der Waals surface area contributed by atoms with Crippen LogP contribution in [0.1, 0.15) is 10.4 Å². The molecule has 0 fully saturated rings. The molecule has 1 amide bonds. The summed E-state index contributed by atoms with van der Waals surface area (Å²) < 4.78 is 12.2. The molecular formula is C25H20N6O3. The Hall–Kier alpha value is -4.79. The quantitative estimate of drug-likeness (QED) is 0.413. The van der Waals surface area contributed by atoms with Crippen LogP contribution >= 0.6 is 0 Å². The maximum Gasteiger partial charge on any atom is 0.255 e. The van der Waals surface area contributed by atoms with E-state index in [0.29, 0.717) is 45.6 Å². The van der Waals surface area contributed by atoms with Crippen molar-refractivity contribution in [3.63, 3.8) is 0 Å². The van der Waals surface area contributed by atoms with Gasteiger partial charge >= 0.3 is 0 Å². The molecule has 2 aromatic carbocycles. The monoisotopic (exact) mass is 452 g/mol. The predicted octanol–water partition coefficient (Wildman–Crippen LogP) is 4.12. The number of amides is 1. The highest BCUT2D eigenvalue weighted by Gasteiger charge is 2.13. The average Bonchev–Trinajstić information content (AvgIpc) is 3.32. The van der Waals surface area contributed by atoms with E-state index in [-0.39, 0.29) is 5.91 Å². The first kappa shape index (κ1) is 21.1. The van der Waals surface area contributed by atoms with Crippen molar-refractivity contribution in [2.24, 2.45) is 0 Å². The van der Waals surface area contributed by atoms with Crippen molar-refractivity contribution in [3.8, 4) is 34.3 Å². The molecule has 9 nitrogen and oxygen atoms in total. The zero-order valence-electron chi connectivity index (χ0n) is 18.5. The molecule has 0 spiro atoms. The van der Waals surface area contributed by atoms with Gasteiger partial charge in [-0.15, -0.1) is 10.2 Å². The molecule has 0 saturated carbocycles. The van der Waals surface area contributed by atoms with Gasteiger partial charge in [0.2, 0.25) is 5.82 Å². The number of ether oxygens (including phenoxy) is 2. The molecule has 0 bridgehead atoms. The number of anilines is 1. The van der Waals surface area contributed by atoms with Gasteiger partial charge < -0.3 is 14.8 Å². The molecular weight excluding hydrogens is 432 g/mol. The van der Waals surface area contributed by atoms with Gasteiger partial charge in [0.05, 0.1) is 19.9 Å². The van der Waals surface area contributed by atoms with Crippen LogP contribution in [0.25, 0.3) is 28.4 Å². The molecule has 3 aromatic heterocycles. The Morgan fingerprint density at radius 2 is 1.68 bits per heavy atom. The number of nitrogens with zero attached hydrogens (tertiary/aromatic N) is 5. The topological polar surface area (TPSA) is 104 Å². The number of hydrogen-bond acceptors (Lipinski definition) is 7. The largest absolute Gasteiger partial charge is 0.497 e. The number of nitrogens with one attached hydrogen (secondary N) is 1. The molecule has 0 atom stereocenters. The second kappa shape index (κ2) is 8.99. The van der Waals surface area contributed by atoms with Gasteiger partial charge in [0.15, 0.2) is 5.65 Å². The lowest BCUT2D eigenvalue weighted by atomic mass is 10.1. The molecule has 5 aromatic rings. The summed E-state index contributed by atoms with van der Waals surface area (Å²) in [5, 5.41) is 16.0. The number of rotatable bonds is 6. The number of hydrogen-bond donors (Lipinski definition) is 1. The standard InChI is InChI=1S/C25H20N6O3/c1-33-19-13-17(14-20(15-19)34-2)25(32)27-18-7-5-6-16(12-18)21-9-10-23-28-29-24(31(23)30-21)22-8-3-4-11-26-22/h3-15H,1-2H3,(H,27,32). The number of fused-ring (bicyclic) bond motifs is 1. The third-order valence-corrected chi connectivity index (χ3v) is 5.19. The Bertz CT molecular complexity index is 1460. The van der Waals surface area contributed by atoms with Crippen LogP contribution in [0.4, 0.5) is 5.69 Å². The average molecular weight is 452 g/mol. The van der Waals surface area contributed by atoms with Crippen molar-refractivity contribution in [1.29, 1.82) is 0 Å². The van der Waals surface area contributed by atoms with Gasteiger partial charge in [-0.05, 0) is 48.5 Å². The van der Waals surface area contributed by atoms with E-state index in [9.17, 15) is 4.79 Å².